The van der Waals surface area contributed by atoms with Gasteiger partial charge in [-0.1, -0.05) is 24.3 Å². The molecule has 3 aromatic carbocycles. The first kappa shape index (κ1) is 18.7. The highest BCUT2D eigenvalue weighted by atomic mass is 16.7. The van der Waals surface area contributed by atoms with Crippen LogP contribution in [0.2, 0.25) is 0 Å². The van der Waals surface area contributed by atoms with E-state index in [9.17, 15) is 0 Å². The van der Waals surface area contributed by atoms with E-state index in [0.717, 1.165) is 22.0 Å². The molecule has 0 saturated carbocycles. The van der Waals surface area contributed by atoms with Crippen molar-refractivity contribution >= 4 is 56.1 Å². The van der Waals surface area contributed by atoms with Crippen molar-refractivity contribution in [1.29, 1.82) is 0 Å². The van der Waals surface area contributed by atoms with E-state index in [4.69, 9.17) is 14.3 Å². The van der Waals surface area contributed by atoms with Gasteiger partial charge in [-0.15, -0.1) is 0 Å². The van der Waals surface area contributed by atoms with Gasteiger partial charge in [-0.3, -0.25) is 9.97 Å². The molecule has 152 valence electrons. The first-order chi connectivity index (χ1) is 14.8. The van der Waals surface area contributed by atoms with Crippen molar-refractivity contribution in [2.75, 3.05) is 0 Å². The van der Waals surface area contributed by atoms with Crippen molar-refractivity contribution in [1.82, 2.24) is 9.97 Å². The molecule has 1 aliphatic heterocycles. The summed E-state index contributed by atoms with van der Waals surface area (Å²) in [6.45, 7) is 8.25. The molecule has 0 unspecified atom stereocenters. The summed E-state index contributed by atoms with van der Waals surface area (Å²) < 4.78 is 12.4. The normalized spacial score (nSPS) is 17.9. The topological polar surface area (TPSA) is 44.2 Å². The standard InChI is InChI=1S/C26H23BN2O2/c1-25(2)26(3,4)31-27(30-25)24-12-9-19-21-15-16-7-10-22-18(6-5-13-28-22)20(16)14-17(21)8-11-23(19)29-24/h5-15H,1-4H3. The smallest absolute Gasteiger partial charge is 0.398 e. The molecule has 0 spiro atoms. The Hall–Kier alpha value is -3.02. The maximum atomic E-state index is 6.19. The van der Waals surface area contributed by atoms with Crippen molar-refractivity contribution in [3.05, 3.63) is 66.9 Å². The van der Waals surface area contributed by atoms with Gasteiger partial charge in [0.15, 0.2) is 0 Å². The molecule has 0 amide bonds. The summed E-state index contributed by atoms with van der Waals surface area (Å²) in [6.07, 6.45) is 1.84. The summed E-state index contributed by atoms with van der Waals surface area (Å²) in [6, 6.07) is 21.3. The van der Waals surface area contributed by atoms with Crippen LogP contribution in [-0.2, 0) is 9.31 Å². The Kier molecular flexibility index (Phi) is 3.78. The van der Waals surface area contributed by atoms with Gasteiger partial charge < -0.3 is 9.31 Å². The molecule has 31 heavy (non-hydrogen) atoms. The van der Waals surface area contributed by atoms with Gasteiger partial charge in [0.05, 0.1) is 27.8 Å². The number of pyridine rings is 2. The number of rotatable bonds is 1. The van der Waals surface area contributed by atoms with Crippen LogP contribution in [0.4, 0.5) is 0 Å². The van der Waals surface area contributed by atoms with Crippen LogP contribution in [0.3, 0.4) is 0 Å². The van der Waals surface area contributed by atoms with Crippen molar-refractivity contribution < 1.29 is 9.31 Å². The van der Waals surface area contributed by atoms with E-state index >= 15 is 0 Å². The molecule has 3 heterocycles. The second-order valence-corrected chi connectivity index (χ2v) is 9.39. The number of nitrogens with zero attached hydrogens (tertiary/aromatic N) is 2. The molecule has 0 N–H and O–H groups in total. The van der Waals surface area contributed by atoms with Crippen LogP contribution >= 0.6 is 0 Å². The number of benzene rings is 3. The summed E-state index contributed by atoms with van der Waals surface area (Å²) in [5.74, 6) is 0. The lowest BCUT2D eigenvalue weighted by atomic mass is 9.83. The summed E-state index contributed by atoms with van der Waals surface area (Å²) in [5, 5.41) is 7.12. The third-order valence-corrected chi connectivity index (χ3v) is 6.92. The number of hydrogen-bond donors (Lipinski definition) is 0. The van der Waals surface area contributed by atoms with Crippen LogP contribution < -0.4 is 5.59 Å². The summed E-state index contributed by atoms with van der Waals surface area (Å²) in [5.41, 5.74) is 2.01. The molecule has 5 heteroatoms. The molecular weight excluding hydrogens is 383 g/mol. The SMILES string of the molecule is CC1(C)OB(c2ccc3c(ccc4cc5c(ccc6ncccc65)cc43)n2)OC1(C)C. The molecule has 1 fully saturated rings. The van der Waals surface area contributed by atoms with Gasteiger partial charge in [0, 0.05) is 17.0 Å². The average molecular weight is 406 g/mol. The van der Waals surface area contributed by atoms with Crippen LogP contribution in [-0.4, -0.2) is 28.3 Å². The Bertz CT molecular complexity index is 1490. The zero-order valence-corrected chi connectivity index (χ0v) is 18.1. The Morgan fingerprint density at radius 3 is 1.97 bits per heavy atom. The first-order valence-corrected chi connectivity index (χ1v) is 10.7. The molecule has 0 aliphatic carbocycles. The van der Waals surface area contributed by atoms with Crippen molar-refractivity contribution in [2.24, 2.45) is 0 Å². The van der Waals surface area contributed by atoms with E-state index in [-0.39, 0.29) is 11.2 Å². The molecule has 6 rings (SSSR count). The summed E-state index contributed by atoms with van der Waals surface area (Å²) >= 11 is 0. The maximum Gasteiger partial charge on any atom is 0.514 e. The van der Waals surface area contributed by atoms with E-state index in [2.05, 4.69) is 81.2 Å². The van der Waals surface area contributed by atoms with Gasteiger partial charge in [-0.25, -0.2) is 0 Å². The zero-order chi connectivity index (χ0) is 21.4. The van der Waals surface area contributed by atoms with Crippen LogP contribution in [0.1, 0.15) is 27.7 Å². The highest BCUT2D eigenvalue weighted by Gasteiger charge is 2.52. The average Bonchev–Trinajstić information content (AvgIpc) is 2.99. The van der Waals surface area contributed by atoms with Gasteiger partial charge in [0.25, 0.3) is 0 Å². The second-order valence-electron chi connectivity index (χ2n) is 9.39. The van der Waals surface area contributed by atoms with Crippen molar-refractivity contribution in [3.63, 3.8) is 0 Å². The molecule has 4 nitrogen and oxygen atoms in total. The minimum atomic E-state index is -0.458. The maximum absolute atomic E-state index is 6.19. The third kappa shape index (κ3) is 2.77. The lowest BCUT2D eigenvalue weighted by Gasteiger charge is -2.32. The van der Waals surface area contributed by atoms with Gasteiger partial charge in [-0.05, 0) is 85.6 Å². The molecular formula is C26H23BN2O2. The largest absolute Gasteiger partial charge is 0.514 e. The van der Waals surface area contributed by atoms with Gasteiger partial charge >= 0.3 is 7.12 Å². The lowest BCUT2D eigenvalue weighted by Crippen LogP contribution is -2.41. The van der Waals surface area contributed by atoms with Crippen LogP contribution in [0, 0.1) is 0 Å². The molecule has 1 aliphatic rings. The van der Waals surface area contributed by atoms with Gasteiger partial charge in [-0.2, -0.15) is 0 Å². The van der Waals surface area contributed by atoms with E-state index in [0.29, 0.717) is 0 Å². The van der Waals surface area contributed by atoms with Crippen molar-refractivity contribution in [3.8, 4) is 0 Å². The number of hydrogen-bond acceptors (Lipinski definition) is 4. The molecule has 0 atom stereocenters. The summed E-state index contributed by atoms with van der Waals surface area (Å²) in [7, 11) is -0.458. The van der Waals surface area contributed by atoms with E-state index in [1.807, 2.05) is 18.3 Å². The van der Waals surface area contributed by atoms with E-state index in [1.54, 1.807) is 0 Å². The summed E-state index contributed by atoms with van der Waals surface area (Å²) in [4.78, 5) is 9.40. The number of aromatic nitrogens is 2. The fourth-order valence-corrected chi connectivity index (χ4v) is 4.43. The molecule has 5 aromatic rings. The van der Waals surface area contributed by atoms with Gasteiger partial charge in [0.2, 0.25) is 0 Å². The monoisotopic (exact) mass is 406 g/mol. The van der Waals surface area contributed by atoms with Crippen molar-refractivity contribution in [2.45, 2.75) is 38.9 Å². The fraction of sp³-hybridized carbons (Fsp3) is 0.231. The van der Waals surface area contributed by atoms with Gasteiger partial charge in [0.1, 0.15) is 0 Å². The van der Waals surface area contributed by atoms with Crippen LogP contribution in [0.25, 0.3) is 43.4 Å². The first-order valence-electron chi connectivity index (χ1n) is 10.7. The Balaban J connectivity index is 1.51. The lowest BCUT2D eigenvalue weighted by molar-refractivity contribution is 0.00578. The van der Waals surface area contributed by atoms with Crippen LogP contribution in [0.5, 0.6) is 0 Å². The predicted octanol–water partition coefficient (Wildman–Crippen LogP) is 5.39. The third-order valence-electron chi connectivity index (χ3n) is 6.92. The second kappa shape index (κ2) is 6.25. The Morgan fingerprint density at radius 2 is 1.29 bits per heavy atom. The zero-order valence-electron chi connectivity index (χ0n) is 18.1. The molecule has 1 saturated heterocycles. The molecule has 2 aromatic heterocycles. The quantitative estimate of drug-likeness (QED) is 0.213. The molecule has 0 bridgehead atoms. The minimum absolute atomic E-state index is 0.381. The number of fused-ring (bicyclic) bond motifs is 6. The van der Waals surface area contributed by atoms with E-state index in [1.165, 1.54) is 26.9 Å². The minimum Gasteiger partial charge on any atom is -0.398 e. The van der Waals surface area contributed by atoms with E-state index < -0.39 is 7.12 Å². The Morgan fingerprint density at radius 1 is 0.677 bits per heavy atom. The predicted molar refractivity (Wildman–Crippen MR) is 128 cm³/mol. The molecule has 0 radical (unpaired) electrons. The highest BCUT2D eigenvalue weighted by Crippen LogP contribution is 2.37. The van der Waals surface area contributed by atoms with Crippen LogP contribution in [0.15, 0.2) is 66.9 Å². The Labute approximate surface area is 181 Å². The fourth-order valence-electron chi connectivity index (χ4n) is 4.43. The highest BCUT2D eigenvalue weighted by molar-refractivity contribution is 6.61.